The third kappa shape index (κ3) is 2.78. The molecule has 1 heterocycles. The zero-order chi connectivity index (χ0) is 16.7. The standard InChI is InChI=1S/C17H20O4S/c1-9-12-10(8-21-5)6-7-11(15(18)17(2,3)4)14(12)22-13(9)16(19)20/h6-7H,8H2,1-5H3,(H,19,20). The maximum Gasteiger partial charge on any atom is 0.346 e. The molecule has 0 saturated heterocycles. The van der Waals surface area contributed by atoms with Crippen LogP contribution < -0.4 is 0 Å². The Hall–Kier alpha value is -1.72. The van der Waals surface area contributed by atoms with Crippen LogP contribution in [0.3, 0.4) is 0 Å². The lowest BCUT2D eigenvalue weighted by atomic mass is 9.85. The number of aromatic carboxylic acids is 1. The number of hydrogen-bond donors (Lipinski definition) is 1. The lowest BCUT2D eigenvalue weighted by Crippen LogP contribution is -2.20. The molecule has 0 spiro atoms. The fourth-order valence-electron chi connectivity index (χ4n) is 2.50. The highest BCUT2D eigenvalue weighted by atomic mass is 32.1. The van der Waals surface area contributed by atoms with Gasteiger partial charge in [-0.2, -0.15) is 0 Å². The number of methoxy groups -OCH3 is 1. The van der Waals surface area contributed by atoms with E-state index in [1.807, 2.05) is 26.8 Å². The van der Waals surface area contributed by atoms with Crippen LogP contribution in [0.15, 0.2) is 12.1 Å². The second-order valence-corrected chi connectivity index (χ2v) is 7.37. The van der Waals surface area contributed by atoms with Gasteiger partial charge in [0.05, 0.1) is 6.61 Å². The molecule has 0 atom stereocenters. The number of ether oxygens (including phenoxy) is 1. The average molecular weight is 320 g/mol. The van der Waals surface area contributed by atoms with Gasteiger partial charge in [-0.1, -0.05) is 26.8 Å². The lowest BCUT2D eigenvalue weighted by molar-refractivity contribution is 0.0701. The molecular formula is C17H20O4S. The summed E-state index contributed by atoms with van der Waals surface area (Å²) in [6, 6.07) is 3.64. The molecule has 0 radical (unpaired) electrons. The molecule has 5 heteroatoms. The Morgan fingerprint density at radius 2 is 1.91 bits per heavy atom. The summed E-state index contributed by atoms with van der Waals surface area (Å²) >= 11 is 1.17. The Labute approximate surface area is 133 Å². The van der Waals surface area contributed by atoms with E-state index in [4.69, 9.17) is 4.74 Å². The van der Waals surface area contributed by atoms with E-state index in [1.54, 1.807) is 20.1 Å². The zero-order valence-electron chi connectivity index (χ0n) is 13.4. The minimum atomic E-state index is -0.962. The first kappa shape index (κ1) is 16.6. The van der Waals surface area contributed by atoms with E-state index < -0.39 is 11.4 Å². The Kier molecular flexibility index (Phi) is 4.40. The first-order valence-electron chi connectivity index (χ1n) is 7.00. The van der Waals surface area contributed by atoms with Crippen LogP contribution in [-0.2, 0) is 11.3 Å². The molecule has 0 amide bonds. The van der Waals surface area contributed by atoms with Crippen molar-refractivity contribution in [3.63, 3.8) is 0 Å². The van der Waals surface area contributed by atoms with Crippen LogP contribution in [0.5, 0.6) is 0 Å². The van der Waals surface area contributed by atoms with Crippen molar-refractivity contribution in [2.75, 3.05) is 7.11 Å². The molecule has 2 aromatic rings. The molecule has 0 aliphatic heterocycles. The van der Waals surface area contributed by atoms with Crippen molar-refractivity contribution in [1.82, 2.24) is 0 Å². The SMILES string of the molecule is COCc1ccc(C(=O)C(C)(C)C)c2sc(C(=O)O)c(C)c12. The molecule has 4 nitrogen and oxygen atoms in total. The Morgan fingerprint density at radius 3 is 2.41 bits per heavy atom. The minimum Gasteiger partial charge on any atom is -0.477 e. The van der Waals surface area contributed by atoms with Crippen molar-refractivity contribution in [1.29, 1.82) is 0 Å². The zero-order valence-corrected chi connectivity index (χ0v) is 14.3. The van der Waals surface area contributed by atoms with Gasteiger partial charge in [0.1, 0.15) is 4.88 Å². The summed E-state index contributed by atoms with van der Waals surface area (Å²) in [5.74, 6) is -0.948. The summed E-state index contributed by atoms with van der Waals surface area (Å²) in [6.45, 7) is 7.76. The largest absolute Gasteiger partial charge is 0.477 e. The summed E-state index contributed by atoms with van der Waals surface area (Å²) < 4.78 is 5.94. The van der Waals surface area contributed by atoms with Crippen LogP contribution in [0, 0.1) is 12.3 Å². The number of carbonyl (C=O) groups excluding carboxylic acids is 1. The first-order chi connectivity index (χ1) is 10.2. The third-order valence-electron chi connectivity index (χ3n) is 3.58. The van der Waals surface area contributed by atoms with Gasteiger partial charge in [-0.25, -0.2) is 4.79 Å². The van der Waals surface area contributed by atoms with Gasteiger partial charge in [0.15, 0.2) is 5.78 Å². The van der Waals surface area contributed by atoms with Gasteiger partial charge in [-0.15, -0.1) is 11.3 Å². The van der Waals surface area contributed by atoms with E-state index in [1.165, 1.54) is 11.3 Å². The number of thiophene rings is 1. The van der Waals surface area contributed by atoms with E-state index in [2.05, 4.69) is 0 Å². The third-order valence-corrected chi connectivity index (χ3v) is 4.90. The highest BCUT2D eigenvalue weighted by Gasteiger charge is 2.27. The van der Waals surface area contributed by atoms with E-state index in [0.29, 0.717) is 17.7 Å². The number of aryl methyl sites for hydroxylation is 1. The van der Waals surface area contributed by atoms with Gasteiger partial charge in [-0.05, 0) is 24.1 Å². The number of ketones is 1. The summed E-state index contributed by atoms with van der Waals surface area (Å²) in [7, 11) is 1.60. The van der Waals surface area contributed by atoms with Crippen LogP contribution in [0.2, 0.25) is 0 Å². The Morgan fingerprint density at radius 1 is 1.27 bits per heavy atom. The highest BCUT2D eigenvalue weighted by molar-refractivity contribution is 7.21. The summed E-state index contributed by atoms with van der Waals surface area (Å²) in [5.41, 5.74) is 1.67. The summed E-state index contributed by atoms with van der Waals surface area (Å²) in [4.78, 5) is 24.4. The quantitative estimate of drug-likeness (QED) is 0.854. The molecular weight excluding hydrogens is 300 g/mol. The van der Waals surface area contributed by atoms with Crippen LogP contribution in [0.1, 0.15) is 51.9 Å². The molecule has 0 aliphatic rings. The number of benzene rings is 1. The number of Topliss-reactive ketones (excluding diaryl/α,β-unsaturated/α-hetero) is 1. The van der Waals surface area contributed by atoms with Crippen LogP contribution in [-0.4, -0.2) is 24.0 Å². The molecule has 0 fully saturated rings. The van der Waals surface area contributed by atoms with Gasteiger partial charge in [0.25, 0.3) is 0 Å². The smallest absolute Gasteiger partial charge is 0.346 e. The number of rotatable bonds is 4. The number of carbonyl (C=O) groups is 2. The van der Waals surface area contributed by atoms with Gasteiger partial charge >= 0.3 is 5.97 Å². The van der Waals surface area contributed by atoms with Crippen LogP contribution in [0.25, 0.3) is 10.1 Å². The minimum absolute atomic E-state index is 0.0136. The molecule has 1 N–H and O–H groups in total. The van der Waals surface area contributed by atoms with Gasteiger partial charge in [0.2, 0.25) is 0 Å². The topological polar surface area (TPSA) is 63.6 Å². The molecule has 118 valence electrons. The highest BCUT2D eigenvalue weighted by Crippen LogP contribution is 2.38. The molecule has 1 aromatic carbocycles. The predicted molar refractivity (Wildman–Crippen MR) is 88.0 cm³/mol. The molecule has 0 unspecified atom stereocenters. The number of carboxylic acid groups (broad SMARTS) is 1. The maximum atomic E-state index is 12.7. The molecule has 2 rings (SSSR count). The van der Waals surface area contributed by atoms with Crippen molar-refractivity contribution < 1.29 is 19.4 Å². The normalized spacial score (nSPS) is 11.9. The van der Waals surface area contributed by atoms with E-state index in [9.17, 15) is 14.7 Å². The van der Waals surface area contributed by atoms with Crippen molar-refractivity contribution in [2.24, 2.45) is 5.41 Å². The van der Waals surface area contributed by atoms with Crippen molar-refractivity contribution in [3.8, 4) is 0 Å². The maximum absolute atomic E-state index is 12.7. The molecule has 22 heavy (non-hydrogen) atoms. The van der Waals surface area contributed by atoms with Crippen LogP contribution >= 0.6 is 11.3 Å². The summed E-state index contributed by atoms with van der Waals surface area (Å²) in [5, 5.41) is 10.2. The molecule has 0 aliphatic carbocycles. The lowest BCUT2D eigenvalue weighted by Gasteiger charge is -2.17. The van der Waals surface area contributed by atoms with Crippen molar-refractivity contribution in [2.45, 2.75) is 34.3 Å². The van der Waals surface area contributed by atoms with E-state index in [-0.39, 0.29) is 10.7 Å². The monoisotopic (exact) mass is 320 g/mol. The number of hydrogen-bond acceptors (Lipinski definition) is 4. The van der Waals surface area contributed by atoms with E-state index >= 15 is 0 Å². The second kappa shape index (κ2) is 5.82. The number of fused-ring (bicyclic) bond motifs is 1. The second-order valence-electron chi connectivity index (χ2n) is 6.35. The van der Waals surface area contributed by atoms with Crippen molar-refractivity contribution in [3.05, 3.63) is 33.7 Å². The van der Waals surface area contributed by atoms with Crippen LogP contribution in [0.4, 0.5) is 0 Å². The van der Waals surface area contributed by atoms with Gasteiger partial charge in [-0.3, -0.25) is 4.79 Å². The average Bonchev–Trinajstić information content (AvgIpc) is 2.76. The van der Waals surface area contributed by atoms with Gasteiger partial charge in [0, 0.05) is 28.2 Å². The predicted octanol–water partition coefficient (Wildman–Crippen LogP) is 4.28. The molecule has 1 aromatic heterocycles. The van der Waals surface area contributed by atoms with Gasteiger partial charge < -0.3 is 9.84 Å². The summed E-state index contributed by atoms with van der Waals surface area (Å²) in [6.07, 6.45) is 0. The Bertz CT molecular complexity index is 750. The fraction of sp³-hybridized carbons (Fsp3) is 0.412. The van der Waals surface area contributed by atoms with E-state index in [0.717, 1.165) is 15.6 Å². The first-order valence-corrected chi connectivity index (χ1v) is 7.82. The number of carboxylic acids is 1. The van der Waals surface area contributed by atoms with Crippen molar-refractivity contribution >= 4 is 33.2 Å². The Balaban J connectivity index is 2.82. The fourth-order valence-corrected chi connectivity index (χ4v) is 3.70. The molecule has 0 bridgehead atoms. The molecule has 0 saturated carbocycles.